The molecule has 0 saturated carbocycles. The quantitative estimate of drug-likeness (QED) is 0.872. The minimum atomic E-state index is -0.0378. The van der Waals surface area contributed by atoms with E-state index < -0.39 is 0 Å². The zero-order valence-electron chi connectivity index (χ0n) is 12.9. The van der Waals surface area contributed by atoms with Crippen molar-refractivity contribution in [3.8, 4) is 0 Å². The highest BCUT2D eigenvalue weighted by molar-refractivity contribution is 5.93. The van der Waals surface area contributed by atoms with Gasteiger partial charge >= 0.3 is 0 Å². The molecule has 110 valence electrons. The topological polar surface area (TPSA) is 41.1 Å². The first-order valence-electron chi connectivity index (χ1n) is 7.29. The van der Waals surface area contributed by atoms with Gasteiger partial charge in [-0.3, -0.25) is 4.79 Å². The third-order valence-electron chi connectivity index (χ3n) is 3.66. The molecule has 0 aromatic heterocycles. The number of anilines is 2. The molecule has 0 spiro atoms. The van der Waals surface area contributed by atoms with E-state index in [1.807, 2.05) is 30.3 Å². The lowest BCUT2D eigenvalue weighted by Gasteiger charge is -2.12. The van der Waals surface area contributed by atoms with Gasteiger partial charge in [0.25, 0.3) is 0 Å². The van der Waals surface area contributed by atoms with E-state index in [0.717, 1.165) is 17.8 Å². The fraction of sp³-hybridized carbons (Fsp3) is 0.278. The first-order chi connectivity index (χ1) is 10.1. The van der Waals surface area contributed by atoms with Crippen LogP contribution >= 0.6 is 0 Å². The molecule has 0 aliphatic carbocycles. The SMILES string of the molecule is CCc1cccc(NC(=O)CNc2cccc(C)c2C)c1. The number of rotatable bonds is 5. The van der Waals surface area contributed by atoms with E-state index in [2.05, 4.69) is 43.5 Å². The monoisotopic (exact) mass is 282 g/mol. The van der Waals surface area contributed by atoms with Gasteiger partial charge in [0.15, 0.2) is 0 Å². The lowest BCUT2D eigenvalue weighted by atomic mass is 10.1. The van der Waals surface area contributed by atoms with Crippen LogP contribution in [0.1, 0.15) is 23.6 Å². The zero-order valence-corrected chi connectivity index (χ0v) is 12.9. The fourth-order valence-electron chi connectivity index (χ4n) is 2.19. The Morgan fingerprint density at radius 1 is 1.10 bits per heavy atom. The molecular formula is C18H22N2O. The Morgan fingerprint density at radius 3 is 2.62 bits per heavy atom. The van der Waals surface area contributed by atoms with E-state index in [1.54, 1.807) is 0 Å². The highest BCUT2D eigenvalue weighted by Crippen LogP contribution is 2.17. The average Bonchev–Trinajstić information content (AvgIpc) is 2.49. The van der Waals surface area contributed by atoms with Crippen molar-refractivity contribution in [3.05, 3.63) is 59.2 Å². The van der Waals surface area contributed by atoms with Crippen molar-refractivity contribution in [2.75, 3.05) is 17.2 Å². The van der Waals surface area contributed by atoms with Crippen molar-refractivity contribution >= 4 is 17.3 Å². The van der Waals surface area contributed by atoms with Gasteiger partial charge in [0.2, 0.25) is 5.91 Å². The number of nitrogens with one attached hydrogen (secondary N) is 2. The number of hydrogen-bond donors (Lipinski definition) is 2. The van der Waals surface area contributed by atoms with Crippen molar-refractivity contribution in [1.29, 1.82) is 0 Å². The maximum absolute atomic E-state index is 12.0. The molecule has 3 heteroatoms. The van der Waals surface area contributed by atoms with Crippen molar-refractivity contribution in [2.24, 2.45) is 0 Å². The van der Waals surface area contributed by atoms with E-state index in [4.69, 9.17) is 0 Å². The van der Waals surface area contributed by atoms with Gasteiger partial charge in [0, 0.05) is 11.4 Å². The van der Waals surface area contributed by atoms with Gasteiger partial charge in [-0.05, 0) is 55.2 Å². The van der Waals surface area contributed by atoms with Crippen molar-refractivity contribution in [2.45, 2.75) is 27.2 Å². The molecule has 1 amide bonds. The molecule has 2 aromatic carbocycles. The molecule has 2 aromatic rings. The molecule has 3 nitrogen and oxygen atoms in total. The minimum Gasteiger partial charge on any atom is -0.376 e. The first-order valence-corrected chi connectivity index (χ1v) is 7.29. The van der Waals surface area contributed by atoms with Gasteiger partial charge in [0.1, 0.15) is 0 Å². The number of carbonyl (C=O) groups excluding carboxylic acids is 1. The van der Waals surface area contributed by atoms with Gasteiger partial charge in [-0.2, -0.15) is 0 Å². The van der Waals surface area contributed by atoms with Crippen molar-refractivity contribution in [1.82, 2.24) is 0 Å². The Morgan fingerprint density at radius 2 is 1.86 bits per heavy atom. The van der Waals surface area contributed by atoms with Crippen LogP contribution in [0.5, 0.6) is 0 Å². The van der Waals surface area contributed by atoms with Crippen LogP contribution in [0.25, 0.3) is 0 Å². The molecule has 0 saturated heterocycles. The molecule has 0 unspecified atom stereocenters. The van der Waals surface area contributed by atoms with E-state index in [1.165, 1.54) is 16.7 Å². The molecule has 21 heavy (non-hydrogen) atoms. The van der Waals surface area contributed by atoms with Gasteiger partial charge in [-0.25, -0.2) is 0 Å². The Bertz CT molecular complexity index is 635. The summed E-state index contributed by atoms with van der Waals surface area (Å²) in [5.74, 6) is -0.0378. The highest BCUT2D eigenvalue weighted by Gasteiger charge is 2.05. The summed E-state index contributed by atoms with van der Waals surface area (Å²) in [6, 6.07) is 14.0. The maximum Gasteiger partial charge on any atom is 0.243 e. The molecule has 0 aliphatic rings. The largest absolute Gasteiger partial charge is 0.376 e. The van der Waals surface area contributed by atoms with Crippen molar-refractivity contribution < 1.29 is 4.79 Å². The van der Waals surface area contributed by atoms with Crippen LogP contribution in [-0.4, -0.2) is 12.5 Å². The van der Waals surface area contributed by atoms with Crippen molar-refractivity contribution in [3.63, 3.8) is 0 Å². The molecule has 0 radical (unpaired) electrons. The predicted octanol–water partition coefficient (Wildman–Crippen LogP) is 3.92. The van der Waals surface area contributed by atoms with E-state index >= 15 is 0 Å². The summed E-state index contributed by atoms with van der Waals surface area (Å²) >= 11 is 0. The van der Waals surface area contributed by atoms with E-state index in [9.17, 15) is 4.79 Å². The van der Waals surface area contributed by atoms with Crippen LogP contribution in [0.4, 0.5) is 11.4 Å². The van der Waals surface area contributed by atoms with Crippen LogP contribution in [0.15, 0.2) is 42.5 Å². The summed E-state index contributed by atoms with van der Waals surface area (Å²) < 4.78 is 0. The van der Waals surface area contributed by atoms with Gasteiger partial charge in [0.05, 0.1) is 6.54 Å². The summed E-state index contributed by atoms with van der Waals surface area (Å²) in [6.45, 7) is 6.49. The lowest BCUT2D eigenvalue weighted by molar-refractivity contribution is -0.114. The van der Waals surface area contributed by atoms with E-state index in [-0.39, 0.29) is 12.5 Å². The maximum atomic E-state index is 12.0. The summed E-state index contributed by atoms with van der Waals surface area (Å²) in [6.07, 6.45) is 0.963. The van der Waals surface area contributed by atoms with Crippen LogP contribution in [0.2, 0.25) is 0 Å². The fourth-order valence-corrected chi connectivity index (χ4v) is 2.19. The smallest absolute Gasteiger partial charge is 0.243 e. The Balaban J connectivity index is 1.94. The second kappa shape index (κ2) is 6.93. The summed E-state index contributed by atoms with van der Waals surface area (Å²) in [7, 11) is 0. The number of hydrogen-bond acceptors (Lipinski definition) is 2. The third kappa shape index (κ3) is 4.09. The van der Waals surface area contributed by atoms with Crippen LogP contribution in [0.3, 0.4) is 0 Å². The number of aryl methyl sites for hydroxylation is 2. The number of amides is 1. The summed E-state index contributed by atoms with van der Waals surface area (Å²) in [4.78, 5) is 12.0. The second-order valence-electron chi connectivity index (χ2n) is 5.20. The Hall–Kier alpha value is -2.29. The normalized spacial score (nSPS) is 10.2. The average molecular weight is 282 g/mol. The molecule has 0 bridgehead atoms. The summed E-state index contributed by atoms with van der Waals surface area (Å²) in [5, 5.41) is 6.11. The third-order valence-corrected chi connectivity index (χ3v) is 3.66. The molecular weight excluding hydrogens is 260 g/mol. The van der Waals surface area contributed by atoms with Gasteiger partial charge < -0.3 is 10.6 Å². The second-order valence-corrected chi connectivity index (χ2v) is 5.20. The van der Waals surface area contributed by atoms with Crippen LogP contribution in [0, 0.1) is 13.8 Å². The zero-order chi connectivity index (χ0) is 15.2. The first kappa shape index (κ1) is 15.1. The summed E-state index contributed by atoms with van der Waals surface area (Å²) in [5.41, 5.74) is 5.47. The van der Waals surface area contributed by atoms with Gasteiger partial charge in [-0.15, -0.1) is 0 Å². The van der Waals surface area contributed by atoms with Crippen LogP contribution < -0.4 is 10.6 Å². The Labute approximate surface area is 126 Å². The number of carbonyl (C=O) groups is 1. The van der Waals surface area contributed by atoms with E-state index in [0.29, 0.717) is 0 Å². The van der Waals surface area contributed by atoms with Gasteiger partial charge in [-0.1, -0.05) is 31.2 Å². The Kier molecular flexibility index (Phi) is 4.99. The minimum absolute atomic E-state index is 0.0378. The molecule has 0 heterocycles. The number of benzene rings is 2. The standard InChI is InChI=1S/C18H22N2O/c1-4-15-8-6-9-16(11-15)20-18(21)12-19-17-10-5-7-13(2)14(17)3/h5-11,19H,4,12H2,1-3H3,(H,20,21). The highest BCUT2D eigenvalue weighted by atomic mass is 16.1. The van der Waals surface area contributed by atoms with Crippen LogP contribution in [-0.2, 0) is 11.2 Å². The predicted molar refractivity (Wildman–Crippen MR) is 88.9 cm³/mol. The molecule has 0 fully saturated rings. The lowest BCUT2D eigenvalue weighted by Crippen LogP contribution is -2.22. The molecule has 2 rings (SSSR count). The molecule has 0 atom stereocenters. The molecule has 0 aliphatic heterocycles. The molecule has 2 N–H and O–H groups in total.